The minimum Gasteiger partial charge on any atom is -0.347 e. The van der Waals surface area contributed by atoms with E-state index in [1.165, 1.54) is 12.4 Å². The maximum absolute atomic E-state index is 11.9. The molecule has 2 aromatic heterocycles. The highest BCUT2D eigenvalue weighted by atomic mass is 16.5. The molecule has 0 atom stereocenters. The number of benzene rings is 1. The molecule has 7 nitrogen and oxygen atoms in total. The van der Waals surface area contributed by atoms with Crippen molar-refractivity contribution in [3.63, 3.8) is 0 Å². The van der Waals surface area contributed by atoms with Crippen LogP contribution in [0.25, 0.3) is 11.5 Å². The molecule has 0 radical (unpaired) electrons. The number of nitrogens with one attached hydrogen (secondary N) is 1. The maximum atomic E-state index is 11.9. The number of carbonyl (C=O) groups is 1. The Balaban J connectivity index is 1.58. The van der Waals surface area contributed by atoms with E-state index in [9.17, 15) is 4.79 Å². The van der Waals surface area contributed by atoms with E-state index in [0.29, 0.717) is 12.2 Å². The van der Waals surface area contributed by atoms with Crippen molar-refractivity contribution in [1.82, 2.24) is 25.4 Å². The van der Waals surface area contributed by atoms with Crippen LogP contribution in [-0.4, -0.2) is 32.6 Å². The van der Waals surface area contributed by atoms with E-state index in [2.05, 4.69) is 25.4 Å². The first-order valence-electron chi connectivity index (χ1n) is 6.75. The fraction of sp³-hybridized carbons (Fsp3) is 0.133. The summed E-state index contributed by atoms with van der Waals surface area (Å²) in [5.74, 6) is -0.256. The van der Waals surface area contributed by atoms with Crippen LogP contribution in [0, 0.1) is 0 Å². The highest BCUT2D eigenvalue weighted by molar-refractivity contribution is 5.89. The summed E-state index contributed by atoms with van der Waals surface area (Å²) in [5, 5.41) is 6.47. The molecule has 3 aromatic rings. The van der Waals surface area contributed by atoms with Crippen molar-refractivity contribution in [2.45, 2.75) is 6.42 Å². The van der Waals surface area contributed by atoms with Crippen molar-refractivity contribution in [3.8, 4) is 11.5 Å². The molecule has 0 aliphatic rings. The Kier molecular flexibility index (Phi) is 4.15. The number of nitrogens with zero attached hydrogens (tertiary/aromatic N) is 4. The predicted octanol–water partition coefficient (Wildman–Crippen LogP) is 1.50. The Bertz CT molecular complexity index is 743. The summed E-state index contributed by atoms with van der Waals surface area (Å²) in [4.78, 5) is 23.9. The molecule has 0 aliphatic heterocycles. The average Bonchev–Trinajstić information content (AvgIpc) is 3.07. The third-order valence-electron chi connectivity index (χ3n) is 2.95. The molecular formula is C15H13N5O2. The quantitative estimate of drug-likeness (QED) is 0.766. The van der Waals surface area contributed by atoms with Gasteiger partial charge in [0, 0.05) is 18.9 Å². The molecule has 0 bridgehead atoms. The largest absolute Gasteiger partial charge is 0.347 e. The Labute approximate surface area is 126 Å². The van der Waals surface area contributed by atoms with Crippen molar-refractivity contribution in [3.05, 3.63) is 60.4 Å². The van der Waals surface area contributed by atoms with Gasteiger partial charge in [0.25, 0.3) is 0 Å². The summed E-state index contributed by atoms with van der Waals surface area (Å²) in [6, 6.07) is 9.88. The summed E-state index contributed by atoms with van der Waals surface area (Å²) < 4.78 is 4.94. The smallest absolute Gasteiger partial charge is 0.316 e. The molecular weight excluding hydrogens is 282 g/mol. The number of aromatic nitrogens is 4. The molecule has 0 unspecified atom stereocenters. The second-order valence-electron chi connectivity index (χ2n) is 4.51. The lowest BCUT2D eigenvalue weighted by molar-refractivity contribution is 0.0910. The standard InChI is InChI=1S/C15H13N5O2/c21-14(18-7-6-11-4-2-1-3-5-11)15-19-13(20-22-15)12-10-16-8-9-17-12/h1-5,8-10H,6-7H2,(H,18,21). The molecule has 22 heavy (non-hydrogen) atoms. The van der Waals surface area contributed by atoms with Crippen LogP contribution in [0.3, 0.4) is 0 Å². The van der Waals surface area contributed by atoms with Crippen molar-refractivity contribution in [2.24, 2.45) is 0 Å². The predicted molar refractivity (Wildman–Crippen MR) is 77.8 cm³/mol. The number of hydrogen-bond donors (Lipinski definition) is 1. The van der Waals surface area contributed by atoms with E-state index in [-0.39, 0.29) is 11.7 Å². The summed E-state index contributed by atoms with van der Waals surface area (Å²) in [5.41, 5.74) is 1.60. The summed E-state index contributed by atoms with van der Waals surface area (Å²) in [6.07, 6.45) is 5.30. The zero-order valence-electron chi connectivity index (χ0n) is 11.6. The lowest BCUT2D eigenvalue weighted by Gasteiger charge is -2.02. The molecule has 110 valence electrons. The average molecular weight is 295 g/mol. The Morgan fingerprint density at radius 1 is 1.18 bits per heavy atom. The molecule has 0 saturated heterocycles. The first kappa shape index (κ1) is 13.9. The molecule has 0 saturated carbocycles. The number of hydrogen-bond acceptors (Lipinski definition) is 6. The van der Waals surface area contributed by atoms with E-state index < -0.39 is 5.91 Å². The van der Waals surface area contributed by atoms with Crippen LogP contribution in [-0.2, 0) is 6.42 Å². The molecule has 2 heterocycles. The van der Waals surface area contributed by atoms with E-state index in [0.717, 1.165) is 12.0 Å². The first-order chi connectivity index (χ1) is 10.8. The first-order valence-corrected chi connectivity index (χ1v) is 6.75. The van der Waals surface area contributed by atoms with Gasteiger partial charge in [-0.15, -0.1) is 0 Å². The van der Waals surface area contributed by atoms with Crippen LogP contribution in [0.5, 0.6) is 0 Å². The van der Waals surface area contributed by atoms with Crippen LogP contribution in [0.2, 0.25) is 0 Å². The van der Waals surface area contributed by atoms with E-state index in [1.54, 1.807) is 6.20 Å². The lowest BCUT2D eigenvalue weighted by atomic mass is 10.1. The monoisotopic (exact) mass is 295 g/mol. The van der Waals surface area contributed by atoms with Gasteiger partial charge in [-0.3, -0.25) is 9.78 Å². The van der Waals surface area contributed by atoms with Crippen LogP contribution in [0.15, 0.2) is 53.4 Å². The third-order valence-corrected chi connectivity index (χ3v) is 2.95. The summed E-state index contributed by atoms with van der Waals surface area (Å²) in [7, 11) is 0. The molecule has 1 aromatic carbocycles. The fourth-order valence-electron chi connectivity index (χ4n) is 1.87. The number of rotatable bonds is 5. The molecule has 1 N–H and O–H groups in total. The molecule has 0 fully saturated rings. The van der Waals surface area contributed by atoms with Gasteiger partial charge in [-0.25, -0.2) is 4.98 Å². The second-order valence-corrected chi connectivity index (χ2v) is 4.51. The zero-order valence-corrected chi connectivity index (χ0v) is 11.6. The van der Waals surface area contributed by atoms with Gasteiger partial charge in [-0.05, 0) is 12.0 Å². The van der Waals surface area contributed by atoms with E-state index in [1.807, 2.05) is 30.3 Å². The normalized spacial score (nSPS) is 10.4. The Morgan fingerprint density at radius 2 is 2.05 bits per heavy atom. The van der Waals surface area contributed by atoms with Crippen molar-refractivity contribution >= 4 is 5.91 Å². The SMILES string of the molecule is O=C(NCCc1ccccc1)c1nc(-c2cnccn2)no1. The van der Waals surface area contributed by atoms with Gasteiger partial charge in [0.05, 0.1) is 6.20 Å². The fourth-order valence-corrected chi connectivity index (χ4v) is 1.87. The minimum absolute atomic E-state index is 0.0892. The van der Waals surface area contributed by atoms with Gasteiger partial charge in [-0.1, -0.05) is 35.5 Å². The van der Waals surface area contributed by atoms with Gasteiger partial charge >= 0.3 is 11.8 Å². The molecule has 7 heteroatoms. The minimum atomic E-state index is -0.404. The van der Waals surface area contributed by atoms with E-state index in [4.69, 9.17) is 4.52 Å². The van der Waals surface area contributed by atoms with Gasteiger partial charge in [-0.2, -0.15) is 4.98 Å². The third kappa shape index (κ3) is 3.32. The summed E-state index contributed by atoms with van der Waals surface area (Å²) >= 11 is 0. The van der Waals surface area contributed by atoms with Crippen LogP contribution >= 0.6 is 0 Å². The topological polar surface area (TPSA) is 93.8 Å². The van der Waals surface area contributed by atoms with Crippen molar-refractivity contribution < 1.29 is 9.32 Å². The van der Waals surface area contributed by atoms with Crippen molar-refractivity contribution in [1.29, 1.82) is 0 Å². The van der Waals surface area contributed by atoms with Gasteiger partial charge < -0.3 is 9.84 Å². The van der Waals surface area contributed by atoms with Crippen LogP contribution < -0.4 is 5.32 Å². The summed E-state index contributed by atoms with van der Waals surface area (Å²) in [6.45, 7) is 0.492. The van der Waals surface area contributed by atoms with Gasteiger partial charge in [0.1, 0.15) is 5.69 Å². The number of amides is 1. The molecule has 1 amide bonds. The van der Waals surface area contributed by atoms with E-state index >= 15 is 0 Å². The Hall–Kier alpha value is -3.09. The van der Waals surface area contributed by atoms with Crippen LogP contribution in [0.4, 0.5) is 0 Å². The van der Waals surface area contributed by atoms with Gasteiger partial charge in [0.15, 0.2) is 0 Å². The molecule has 0 spiro atoms. The molecule has 3 rings (SSSR count). The molecule has 0 aliphatic carbocycles. The Morgan fingerprint density at radius 3 is 2.82 bits per heavy atom. The van der Waals surface area contributed by atoms with Gasteiger partial charge in [0.2, 0.25) is 5.82 Å². The lowest BCUT2D eigenvalue weighted by Crippen LogP contribution is -2.25. The highest BCUT2D eigenvalue weighted by Crippen LogP contribution is 2.10. The second kappa shape index (κ2) is 6.57. The number of carbonyl (C=O) groups excluding carboxylic acids is 1. The maximum Gasteiger partial charge on any atom is 0.316 e. The van der Waals surface area contributed by atoms with Crippen molar-refractivity contribution in [2.75, 3.05) is 6.54 Å². The van der Waals surface area contributed by atoms with Crippen LogP contribution in [0.1, 0.15) is 16.2 Å². The highest BCUT2D eigenvalue weighted by Gasteiger charge is 2.16. The zero-order chi connectivity index (χ0) is 15.2.